The Morgan fingerprint density at radius 3 is 2.45 bits per heavy atom. The van der Waals surface area contributed by atoms with Gasteiger partial charge in [-0.15, -0.1) is 0 Å². The number of carbonyl (C=O) groups excluding carboxylic acids is 1. The molecule has 0 bridgehead atoms. The molecule has 0 aromatic heterocycles. The van der Waals surface area contributed by atoms with E-state index in [0.29, 0.717) is 24.5 Å². The van der Waals surface area contributed by atoms with Gasteiger partial charge in [-0.05, 0) is 18.9 Å². The maximum absolute atomic E-state index is 12.3. The van der Waals surface area contributed by atoms with Crippen molar-refractivity contribution >= 4 is 5.78 Å². The van der Waals surface area contributed by atoms with Gasteiger partial charge in [0.2, 0.25) is 0 Å². The molecule has 1 aromatic rings. The molecule has 0 heterocycles. The topological polar surface area (TPSA) is 44.8 Å². The second-order valence-electron chi connectivity index (χ2n) is 4.55. The van der Waals surface area contributed by atoms with Gasteiger partial charge in [0.1, 0.15) is 6.10 Å². The van der Waals surface area contributed by atoms with Crippen LogP contribution in [-0.4, -0.2) is 26.6 Å². The van der Waals surface area contributed by atoms with E-state index in [1.54, 1.807) is 14.2 Å². The molecule has 0 fully saturated rings. The van der Waals surface area contributed by atoms with Crippen molar-refractivity contribution in [2.24, 2.45) is 0 Å². The minimum atomic E-state index is -0.583. The van der Waals surface area contributed by atoms with Crippen LogP contribution in [0.4, 0.5) is 0 Å². The zero-order valence-electron chi connectivity index (χ0n) is 12.8. The van der Waals surface area contributed by atoms with Crippen LogP contribution < -0.4 is 9.47 Å². The number of carbonyl (C=O) groups is 1. The summed E-state index contributed by atoms with van der Waals surface area (Å²) in [6.07, 6.45) is 1.58. The highest BCUT2D eigenvalue weighted by Crippen LogP contribution is 2.36. The summed E-state index contributed by atoms with van der Waals surface area (Å²) in [6.45, 7) is 4.54. The molecule has 0 N–H and O–H groups in total. The Morgan fingerprint density at radius 2 is 1.90 bits per heavy atom. The highest BCUT2D eigenvalue weighted by Gasteiger charge is 2.25. The molecule has 0 aliphatic rings. The van der Waals surface area contributed by atoms with Gasteiger partial charge in [-0.3, -0.25) is 4.79 Å². The van der Waals surface area contributed by atoms with Gasteiger partial charge in [0, 0.05) is 18.6 Å². The standard InChI is InChI=1S/C16H24O4/c1-5-8-13(17)15(20-11-6-2)12-9-7-10-14(18-3)16(12)19-4/h7,9-10,15H,5-6,8,11H2,1-4H3. The van der Waals surface area contributed by atoms with Crippen LogP contribution in [0, 0.1) is 0 Å². The van der Waals surface area contributed by atoms with Crippen LogP contribution in [0.25, 0.3) is 0 Å². The summed E-state index contributed by atoms with van der Waals surface area (Å²) >= 11 is 0. The van der Waals surface area contributed by atoms with E-state index in [0.717, 1.165) is 18.4 Å². The van der Waals surface area contributed by atoms with E-state index in [2.05, 4.69) is 0 Å². The molecule has 1 aromatic carbocycles. The van der Waals surface area contributed by atoms with Crippen molar-refractivity contribution in [2.45, 2.75) is 39.2 Å². The van der Waals surface area contributed by atoms with Gasteiger partial charge in [0.05, 0.1) is 14.2 Å². The lowest BCUT2D eigenvalue weighted by atomic mass is 10.0. The third kappa shape index (κ3) is 3.97. The first kappa shape index (κ1) is 16.5. The van der Waals surface area contributed by atoms with Gasteiger partial charge in [0.25, 0.3) is 0 Å². The zero-order valence-corrected chi connectivity index (χ0v) is 12.8. The summed E-state index contributed by atoms with van der Waals surface area (Å²) < 4.78 is 16.4. The number of ether oxygens (including phenoxy) is 3. The third-order valence-electron chi connectivity index (χ3n) is 2.99. The predicted octanol–water partition coefficient (Wildman–Crippen LogP) is 3.54. The normalized spacial score (nSPS) is 12.0. The zero-order chi connectivity index (χ0) is 15.0. The van der Waals surface area contributed by atoms with E-state index < -0.39 is 6.10 Å². The first-order valence-corrected chi connectivity index (χ1v) is 7.04. The average Bonchev–Trinajstić information content (AvgIpc) is 2.47. The molecule has 0 amide bonds. The molecule has 0 saturated carbocycles. The molecule has 4 nitrogen and oxygen atoms in total. The van der Waals surface area contributed by atoms with Gasteiger partial charge in [-0.1, -0.05) is 26.0 Å². The summed E-state index contributed by atoms with van der Waals surface area (Å²) in [5.74, 6) is 1.26. The summed E-state index contributed by atoms with van der Waals surface area (Å²) in [4.78, 5) is 12.3. The molecule has 0 spiro atoms. The monoisotopic (exact) mass is 280 g/mol. The second kappa shape index (κ2) is 8.59. The van der Waals surface area contributed by atoms with Crippen LogP contribution in [0.5, 0.6) is 11.5 Å². The second-order valence-corrected chi connectivity index (χ2v) is 4.55. The molecule has 20 heavy (non-hydrogen) atoms. The van der Waals surface area contributed by atoms with Crippen LogP contribution in [-0.2, 0) is 9.53 Å². The molecule has 0 aliphatic carbocycles. The van der Waals surface area contributed by atoms with Gasteiger partial charge in [-0.25, -0.2) is 0 Å². The fraction of sp³-hybridized carbons (Fsp3) is 0.562. The molecule has 1 rings (SSSR count). The highest BCUT2D eigenvalue weighted by molar-refractivity contribution is 5.85. The van der Waals surface area contributed by atoms with E-state index >= 15 is 0 Å². The van der Waals surface area contributed by atoms with E-state index in [4.69, 9.17) is 14.2 Å². The van der Waals surface area contributed by atoms with Crippen molar-refractivity contribution < 1.29 is 19.0 Å². The summed E-state index contributed by atoms with van der Waals surface area (Å²) in [7, 11) is 3.15. The lowest BCUT2D eigenvalue weighted by Gasteiger charge is -2.20. The van der Waals surface area contributed by atoms with Crippen molar-refractivity contribution in [1.29, 1.82) is 0 Å². The molecular formula is C16H24O4. The number of hydrogen-bond donors (Lipinski definition) is 0. The number of Topliss-reactive ketones (excluding diaryl/α,β-unsaturated/α-hetero) is 1. The molecule has 0 aliphatic heterocycles. The number of rotatable bonds is 9. The van der Waals surface area contributed by atoms with Crippen LogP contribution in [0.1, 0.15) is 44.8 Å². The largest absolute Gasteiger partial charge is 0.493 e. The van der Waals surface area contributed by atoms with Gasteiger partial charge in [0.15, 0.2) is 17.3 Å². The van der Waals surface area contributed by atoms with Crippen LogP contribution >= 0.6 is 0 Å². The minimum Gasteiger partial charge on any atom is -0.493 e. The first-order chi connectivity index (χ1) is 9.69. The van der Waals surface area contributed by atoms with Crippen LogP contribution in [0.3, 0.4) is 0 Å². The van der Waals surface area contributed by atoms with E-state index in [9.17, 15) is 4.79 Å². The Morgan fingerprint density at radius 1 is 1.15 bits per heavy atom. The molecule has 0 saturated heterocycles. The molecule has 1 atom stereocenters. The number of hydrogen-bond acceptors (Lipinski definition) is 4. The lowest BCUT2D eigenvalue weighted by Crippen LogP contribution is -2.17. The van der Waals surface area contributed by atoms with E-state index in [1.165, 1.54) is 0 Å². The fourth-order valence-corrected chi connectivity index (χ4v) is 2.09. The Balaban J connectivity index is 3.15. The Bertz CT molecular complexity index is 428. The van der Waals surface area contributed by atoms with Crippen molar-refractivity contribution in [2.75, 3.05) is 20.8 Å². The average molecular weight is 280 g/mol. The van der Waals surface area contributed by atoms with E-state index in [-0.39, 0.29) is 5.78 Å². The molecule has 1 unspecified atom stereocenters. The number of para-hydroxylation sites is 1. The number of methoxy groups -OCH3 is 2. The van der Waals surface area contributed by atoms with Crippen molar-refractivity contribution in [3.63, 3.8) is 0 Å². The van der Waals surface area contributed by atoms with Gasteiger partial charge >= 0.3 is 0 Å². The molecule has 112 valence electrons. The molecule has 0 radical (unpaired) electrons. The van der Waals surface area contributed by atoms with Gasteiger partial charge < -0.3 is 14.2 Å². The number of benzene rings is 1. The smallest absolute Gasteiger partial charge is 0.166 e. The Labute approximate surface area is 121 Å². The van der Waals surface area contributed by atoms with Crippen LogP contribution in [0.15, 0.2) is 18.2 Å². The van der Waals surface area contributed by atoms with E-state index in [1.807, 2.05) is 32.0 Å². The summed E-state index contributed by atoms with van der Waals surface area (Å²) in [5, 5.41) is 0. The predicted molar refractivity (Wildman–Crippen MR) is 78.4 cm³/mol. The van der Waals surface area contributed by atoms with Crippen molar-refractivity contribution in [1.82, 2.24) is 0 Å². The fourth-order valence-electron chi connectivity index (χ4n) is 2.09. The maximum Gasteiger partial charge on any atom is 0.166 e. The quantitative estimate of drug-likeness (QED) is 0.694. The summed E-state index contributed by atoms with van der Waals surface area (Å²) in [6, 6.07) is 5.51. The lowest BCUT2D eigenvalue weighted by molar-refractivity contribution is -0.131. The SMILES string of the molecule is CCCOC(C(=O)CCC)c1cccc(OC)c1OC. The Hall–Kier alpha value is -1.55. The highest BCUT2D eigenvalue weighted by atomic mass is 16.5. The van der Waals surface area contributed by atoms with Gasteiger partial charge in [-0.2, -0.15) is 0 Å². The maximum atomic E-state index is 12.3. The molecule has 4 heteroatoms. The minimum absolute atomic E-state index is 0.0764. The van der Waals surface area contributed by atoms with Crippen molar-refractivity contribution in [3.05, 3.63) is 23.8 Å². The molecular weight excluding hydrogens is 256 g/mol. The third-order valence-corrected chi connectivity index (χ3v) is 2.99. The Kier molecular flexibility index (Phi) is 7.09. The number of ketones is 1. The van der Waals surface area contributed by atoms with Crippen LogP contribution in [0.2, 0.25) is 0 Å². The summed E-state index contributed by atoms with van der Waals surface area (Å²) in [5.41, 5.74) is 0.735. The first-order valence-electron chi connectivity index (χ1n) is 7.04. The van der Waals surface area contributed by atoms with Crippen molar-refractivity contribution in [3.8, 4) is 11.5 Å².